The van der Waals surface area contributed by atoms with E-state index in [1.807, 2.05) is 0 Å². The van der Waals surface area contributed by atoms with Gasteiger partial charge in [0.05, 0.1) is 12.8 Å². The van der Waals surface area contributed by atoms with Crippen molar-refractivity contribution in [3.05, 3.63) is 12.1 Å². The van der Waals surface area contributed by atoms with Crippen LogP contribution in [0, 0.1) is 5.92 Å². The number of nitrogen functional groups attached to an aromatic ring is 1. The van der Waals surface area contributed by atoms with Crippen molar-refractivity contribution in [2.75, 3.05) is 37.4 Å². The summed E-state index contributed by atoms with van der Waals surface area (Å²) < 4.78 is 5.08. The molecule has 2 rings (SSSR count). The van der Waals surface area contributed by atoms with Gasteiger partial charge in [-0.15, -0.1) is 0 Å². The van der Waals surface area contributed by atoms with E-state index in [-0.39, 0.29) is 6.61 Å². The van der Waals surface area contributed by atoms with E-state index in [0.717, 1.165) is 25.3 Å². The summed E-state index contributed by atoms with van der Waals surface area (Å²) in [4.78, 5) is 6.43. The second-order valence-corrected chi connectivity index (χ2v) is 4.05. The minimum Gasteiger partial charge on any atom is -0.481 e. The molecule has 1 atom stereocenters. The molecule has 0 bridgehead atoms. The van der Waals surface area contributed by atoms with Gasteiger partial charge in [0.25, 0.3) is 0 Å². The number of aromatic nitrogens is 1. The van der Waals surface area contributed by atoms with E-state index in [2.05, 4.69) is 9.88 Å². The second-order valence-electron chi connectivity index (χ2n) is 4.05. The first-order valence-electron chi connectivity index (χ1n) is 5.41. The number of anilines is 2. The van der Waals surface area contributed by atoms with E-state index in [4.69, 9.17) is 15.6 Å². The van der Waals surface area contributed by atoms with Crippen molar-refractivity contribution in [2.45, 2.75) is 6.42 Å². The van der Waals surface area contributed by atoms with Crippen LogP contribution in [0.5, 0.6) is 5.88 Å². The van der Waals surface area contributed by atoms with Crippen molar-refractivity contribution in [2.24, 2.45) is 5.92 Å². The number of hydrogen-bond donors (Lipinski definition) is 2. The van der Waals surface area contributed by atoms with Crippen molar-refractivity contribution < 1.29 is 9.84 Å². The molecule has 88 valence electrons. The van der Waals surface area contributed by atoms with Gasteiger partial charge in [0.15, 0.2) is 5.82 Å². The Balaban J connectivity index is 2.20. The van der Waals surface area contributed by atoms with Crippen LogP contribution in [0.4, 0.5) is 11.5 Å². The number of hydrogen-bond acceptors (Lipinski definition) is 5. The van der Waals surface area contributed by atoms with E-state index in [0.29, 0.717) is 17.5 Å². The largest absolute Gasteiger partial charge is 0.481 e. The molecule has 1 aliphatic rings. The highest BCUT2D eigenvalue weighted by atomic mass is 16.5. The predicted molar refractivity (Wildman–Crippen MR) is 62.6 cm³/mol. The van der Waals surface area contributed by atoms with Crippen LogP contribution >= 0.6 is 0 Å². The van der Waals surface area contributed by atoms with Gasteiger partial charge in [-0.25, -0.2) is 0 Å². The minimum absolute atomic E-state index is 0.223. The molecule has 16 heavy (non-hydrogen) atoms. The van der Waals surface area contributed by atoms with Gasteiger partial charge in [-0.2, -0.15) is 4.98 Å². The first-order valence-corrected chi connectivity index (χ1v) is 5.41. The van der Waals surface area contributed by atoms with Crippen LogP contribution in [0.1, 0.15) is 6.42 Å². The second kappa shape index (κ2) is 4.57. The van der Waals surface area contributed by atoms with Crippen LogP contribution in [0.15, 0.2) is 12.1 Å². The molecule has 3 N–H and O–H groups in total. The van der Waals surface area contributed by atoms with Crippen molar-refractivity contribution in [3.8, 4) is 5.88 Å². The molecule has 0 amide bonds. The monoisotopic (exact) mass is 223 g/mol. The fourth-order valence-corrected chi connectivity index (χ4v) is 1.98. The summed E-state index contributed by atoms with van der Waals surface area (Å²) in [7, 11) is 1.59. The maximum Gasteiger partial charge on any atom is 0.215 e. The average Bonchev–Trinajstić information content (AvgIpc) is 2.78. The summed E-state index contributed by atoms with van der Waals surface area (Å²) in [5, 5.41) is 9.10. The van der Waals surface area contributed by atoms with E-state index in [1.165, 1.54) is 0 Å². The highest BCUT2D eigenvalue weighted by Gasteiger charge is 2.24. The summed E-state index contributed by atoms with van der Waals surface area (Å²) in [6.07, 6.45) is 0.981. The van der Waals surface area contributed by atoms with Crippen LogP contribution in [-0.2, 0) is 0 Å². The third-order valence-electron chi connectivity index (χ3n) is 2.93. The highest BCUT2D eigenvalue weighted by Crippen LogP contribution is 2.28. The molecule has 2 heterocycles. The van der Waals surface area contributed by atoms with Crippen molar-refractivity contribution in [1.29, 1.82) is 0 Å². The third-order valence-corrected chi connectivity index (χ3v) is 2.93. The zero-order valence-corrected chi connectivity index (χ0v) is 9.39. The van der Waals surface area contributed by atoms with Crippen molar-refractivity contribution in [3.63, 3.8) is 0 Å². The minimum atomic E-state index is 0.223. The number of aliphatic hydroxyl groups is 1. The SMILES string of the molecule is COc1ccc(N)c(N2CCC(CO)C2)n1. The summed E-state index contributed by atoms with van der Waals surface area (Å²) in [5.74, 6) is 1.65. The van der Waals surface area contributed by atoms with Gasteiger partial charge < -0.3 is 20.5 Å². The number of nitrogens with two attached hydrogens (primary N) is 1. The lowest BCUT2D eigenvalue weighted by Crippen LogP contribution is -2.23. The van der Waals surface area contributed by atoms with Crippen LogP contribution in [0.2, 0.25) is 0 Å². The van der Waals surface area contributed by atoms with Crippen LogP contribution < -0.4 is 15.4 Å². The Bertz CT molecular complexity index is 370. The Morgan fingerprint density at radius 2 is 2.44 bits per heavy atom. The zero-order valence-electron chi connectivity index (χ0n) is 9.39. The van der Waals surface area contributed by atoms with Crippen molar-refractivity contribution in [1.82, 2.24) is 4.98 Å². The van der Waals surface area contributed by atoms with Gasteiger partial charge in [0.2, 0.25) is 5.88 Å². The number of methoxy groups -OCH3 is 1. The Kier molecular flexibility index (Phi) is 3.14. The fourth-order valence-electron chi connectivity index (χ4n) is 1.98. The summed E-state index contributed by atoms with van der Waals surface area (Å²) >= 11 is 0. The van der Waals surface area contributed by atoms with Crippen molar-refractivity contribution >= 4 is 11.5 Å². The molecule has 1 unspecified atom stereocenters. The maximum absolute atomic E-state index is 9.10. The lowest BCUT2D eigenvalue weighted by molar-refractivity contribution is 0.238. The summed E-state index contributed by atoms with van der Waals surface area (Å²) in [5.41, 5.74) is 6.54. The number of aliphatic hydroxyl groups excluding tert-OH is 1. The molecular weight excluding hydrogens is 206 g/mol. The summed E-state index contributed by atoms with van der Waals surface area (Å²) in [6.45, 7) is 1.91. The van der Waals surface area contributed by atoms with Gasteiger partial charge in [-0.1, -0.05) is 0 Å². The summed E-state index contributed by atoms with van der Waals surface area (Å²) in [6, 6.07) is 3.55. The standard InChI is InChI=1S/C11H17N3O2/c1-16-10-3-2-9(12)11(13-10)14-5-4-8(6-14)7-15/h2-3,8,15H,4-7,12H2,1H3. The smallest absolute Gasteiger partial charge is 0.215 e. The topological polar surface area (TPSA) is 71.6 Å². The zero-order chi connectivity index (χ0) is 11.5. The molecule has 1 saturated heterocycles. The van der Waals surface area contributed by atoms with Crippen LogP contribution in [-0.4, -0.2) is 36.9 Å². The fraction of sp³-hybridized carbons (Fsp3) is 0.545. The lowest BCUT2D eigenvalue weighted by atomic mass is 10.1. The molecule has 0 saturated carbocycles. The van der Waals surface area contributed by atoms with Gasteiger partial charge in [0.1, 0.15) is 0 Å². The van der Waals surface area contributed by atoms with E-state index >= 15 is 0 Å². The number of pyridine rings is 1. The quantitative estimate of drug-likeness (QED) is 0.780. The molecular formula is C11H17N3O2. The lowest BCUT2D eigenvalue weighted by Gasteiger charge is -2.19. The number of nitrogens with zero attached hydrogens (tertiary/aromatic N) is 2. The first kappa shape index (κ1) is 11.0. The van der Waals surface area contributed by atoms with Crippen LogP contribution in [0.25, 0.3) is 0 Å². The molecule has 1 fully saturated rings. The number of rotatable bonds is 3. The molecule has 0 spiro atoms. The first-order chi connectivity index (χ1) is 7.74. The molecule has 5 heteroatoms. The highest BCUT2D eigenvalue weighted by molar-refractivity contribution is 5.64. The molecule has 0 aliphatic carbocycles. The Hall–Kier alpha value is -1.49. The normalized spacial score (nSPS) is 20.1. The molecule has 0 radical (unpaired) electrons. The molecule has 1 aromatic rings. The van der Waals surface area contributed by atoms with E-state index in [9.17, 15) is 0 Å². The predicted octanol–water partition coefficient (Wildman–Crippen LogP) is 0.491. The van der Waals surface area contributed by atoms with Gasteiger partial charge in [-0.3, -0.25) is 0 Å². The van der Waals surface area contributed by atoms with E-state index < -0.39 is 0 Å². The van der Waals surface area contributed by atoms with E-state index in [1.54, 1.807) is 19.2 Å². The Morgan fingerprint density at radius 1 is 1.62 bits per heavy atom. The third kappa shape index (κ3) is 2.04. The van der Waals surface area contributed by atoms with Crippen LogP contribution in [0.3, 0.4) is 0 Å². The van der Waals surface area contributed by atoms with Gasteiger partial charge in [0, 0.05) is 31.7 Å². The molecule has 1 aliphatic heterocycles. The Morgan fingerprint density at radius 3 is 3.06 bits per heavy atom. The van der Waals surface area contributed by atoms with Gasteiger partial charge in [-0.05, 0) is 12.5 Å². The maximum atomic E-state index is 9.10. The molecule has 5 nitrogen and oxygen atoms in total. The number of ether oxygens (including phenoxy) is 1. The van der Waals surface area contributed by atoms with Gasteiger partial charge >= 0.3 is 0 Å². The molecule has 1 aromatic heterocycles. The molecule has 0 aromatic carbocycles. The average molecular weight is 223 g/mol. The Labute approximate surface area is 94.8 Å².